The molecule has 0 saturated carbocycles. The van der Waals surface area contributed by atoms with Crippen LogP contribution in [0.2, 0.25) is 0 Å². The highest BCUT2D eigenvalue weighted by atomic mass is 16.2. The van der Waals surface area contributed by atoms with Gasteiger partial charge in [0.05, 0.1) is 6.42 Å². The fraction of sp³-hybridized carbons (Fsp3) is 0.0833. The molecule has 2 aromatic rings. The lowest BCUT2D eigenvalue weighted by Crippen LogP contribution is -2.24. The molecule has 0 aliphatic heterocycles. The lowest BCUT2D eigenvalue weighted by atomic mass is 10.1. The van der Waals surface area contributed by atoms with Crippen molar-refractivity contribution in [3.8, 4) is 0 Å². The molecule has 7 heteroatoms. The van der Waals surface area contributed by atoms with Crippen molar-refractivity contribution in [2.75, 3.05) is 16.8 Å². The van der Waals surface area contributed by atoms with Crippen molar-refractivity contribution >= 4 is 23.4 Å². The number of rotatable bonds is 3. The molecule has 0 unspecified atom stereocenters. The van der Waals surface area contributed by atoms with Crippen molar-refractivity contribution in [2.45, 2.75) is 6.42 Å². The molecule has 6 N–H and O–H groups in total. The van der Waals surface area contributed by atoms with E-state index < -0.39 is 5.56 Å². The highest BCUT2D eigenvalue weighted by Crippen LogP contribution is 2.10. The smallest absolute Gasteiger partial charge is 0.278 e. The van der Waals surface area contributed by atoms with Crippen LogP contribution in [0.15, 0.2) is 35.1 Å². The molecule has 0 spiro atoms. The Labute approximate surface area is 108 Å². The van der Waals surface area contributed by atoms with Crippen molar-refractivity contribution in [1.29, 1.82) is 0 Å². The van der Waals surface area contributed by atoms with Gasteiger partial charge in [0, 0.05) is 0 Å². The Balaban J connectivity index is 2.14. The number of nitrogen functional groups attached to an aromatic ring is 2. The van der Waals surface area contributed by atoms with Gasteiger partial charge in [0.15, 0.2) is 5.82 Å². The van der Waals surface area contributed by atoms with E-state index in [-0.39, 0.29) is 29.8 Å². The monoisotopic (exact) mass is 259 g/mol. The quantitative estimate of drug-likeness (QED) is 0.622. The first-order valence-corrected chi connectivity index (χ1v) is 5.55. The molecule has 2 rings (SSSR count). The van der Waals surface area contributed by atoms with Gasteiger partial charge in [0.25, 0.3) is 5.56 Å². The van der Waals surface area contributed by atoms with E-state index in [1.54, 1.807) is 0 Å². The number of nitrogens with zero attached hydrogens (tertiary/aromatic N) is 1. The molecule has 0 bridgehead atoms. The first kappa shape index (κ1) is 12.6. The lowest BCUT2D eigenvalue weighted by Gasteiger charge is -2.07. The molecule has 0 saturated heterocycles. The zero-order chi connectivity index (χ0) is 13.8. The van der Waals surface area contributed by atoms with Crippen molar-refractivity contribution in [2.24, 2.45) is 0 Å². The van der Waals surface area contributed by atoms with E-state index in [2.05, 4.69) is 15.3 Å². The molecule has 1 amide bonds. The van der Waals surface area contributed by atoms with Gasteiger partial charge in [-0.2, -0.15) is 4.98 Å². The zero-order valence-electron chi connectivity index (χ0n) is 10.0. The predicted octanol–water partition coefficient (Wildman–Crippen LogP) is 0.115. The molecule has 19 heavy (non-hydrogen) atoms. The SMILES string of the molecule is Nc1nc(N)c(NC(=O)Cc2ccccc2)c(=O)[nH]1. The molecule has 1 aromatic heterocycles. The van der Waals surface area contributed by atoms with Gasteiger partial charge >= 0.3 is 0 Å². The summed E-state index contributed by atoms with van der Waals surface area (Å²) in [5.41, 5.74) is 11.0. The van der Waals surface area contributed by atoms with Gasteiger partial charge in [-0.25, -0.2) is 0 Å². The summed E-state index contributed by atoms with van der Waals surface area (Å²) in [4.78, 5) is 29.3. The molecule has 7 nitrogen and oxygen atoms in total. The van der Waals surface area contributed by atoms with Crippen LogP contribution >= 0.6 is 0 Å². The third-order valence-electron chi connectivity index (χ3n) is 2.44. The Morgan fingerprint density at radius 2 is 1.95 bits per heavy atom. The third kappa shape index (κ3) is 3.09. The first-order chi connectivity index (χ1) is 9.06. The number of benzene rings is 1. The van der Waals surface area contributed by atoms with E-state index in [0.717, 1.165) is 5.56 Å². The fourth-order valence-corrected chi connectivity index (χ4v) is 1.59. The van der Waals surface area contributed by atoms with E-state index in [4.69, 9.17) is 11.5 Å². The maximum Gasteiger partial charge on any atom is 0.278 e. The largest absolute Gasteiger partial charge is 0.382 e. The van der Waals surface area contributed by atoms with Crippen molar-refractivity contribution in [3.05, 3.63) is 46.2 Å². The van der Waals surface area contributed by atoms with Crippen LogP contribution in [0, 0.1) is 0 Å². The Morgan fingerprint density at radius 3 is 2.58 bits per heavy atom. The number of carbonyl (C=O) groups excluding carboxylic acids is 1. The van der Waals surface area contributed by atoms with Crippen LogP contribution in [0.4, 0.5) is 17.5 Å². The van der Waals surface area contributed by atoms with Gasteiger partial charge in [-0.3, -0.25) is 14.6 Å². The average molecular weight is 259 g/mol. The average Bonchev–Trinajstić information content (AvgIpc) is 2.35. The minimum Gasteiger partial charge on any atom is -0.382 e. The van der Waals surface area contributed by atoms with Crippen LogP contribution in [-0.4, -0.2) is 15.9 Å². The maximum absolute atomic E-state index is 11.8. The number of aromatic amines is 1. The number of hydrogen-bond donors (Lipinski definition) is 4. The standard InChI is InChI=1S/C12H13N5O2/c13-10-9(11(19)17-12(14)16-10)15-8(18)6-7-4-2-1-3-5-7/h1-5H,6H2,(H,15,18)(H5,13,14,16,17,19). The molecule has 0 atom stereocenters. The van der Waals surface area contributed by atoms with Crippen molar-refractivity contribution in [1.82, 2.24) is 9.97 Å². The Hall–Kier alpha value is -2.83. The number of amides is 1. The second kappa shape index (κ2) is 5.21. The van der Waals surface area contributed by atoms with Gasteiger partial charge in [0.1, 0.15) is 5.69 Å². The summed E-state index contributed by atoms with van der Waals surface area (Å²) in [5.74, 6) is -0.554. The highest BCUT2D eigenvalue weighted by Gasteiger charge is 2.11. The van der Waals surface area contributed by atoms with E-state index in [1.807, 2.05) is 30.3 Å². The number of nitrogens with two attached hydrogens (primary N) is 2. The topological polar surface area (TPSA) is 127 Å². The highest BCUT2D eigenvalue weighted by molar-refractivity contribution is 5.94. The van der Waals surface area contributed by atoms with Gasteiger partial charge in [0.2, 0.25) is 11.9 Å². The Bertz CT molecular complexity index is 651. The van der Waals surface area contributed by atoms with Crippen LogP contribution in [0.5, 0.6) is 0 Å². The molecule has 0 aliphatic carbocycles. The Kier molecular flexibility index (Phi) is 3.46. The normalized spacial score (nSPS) is 10.1. The molecular weight excluding hydrogens is 246 g/mol. The number of carbonyl (C=O) groups is 1. The molecule has 1 aromatic carbocycles. The molecular formula is C12H13N5O2. The lowest BCUT2D eigenvalue weighted by molar-refractivity contribution is -0.115. The second-order valence-corrected chi connectivity index (χ2v) is 3.92. The summed E-state index contributed by atoms with van der Waals surface area (Å²) in [5, 5.41) is 2.43. The number of aromatic nitrogens is 2. The summed E-state index contributed by atoms with van der Waals surface area (Å²) in [6.45, 7) is 0. The minimum atomic E-state index is -0.577. The molecule has 1 heterocycles. The first-order valence-electron chi connectivity index (χ1n) is 5.55. The maximum atomic E-state index is 11.8. The van der Waals surface area contributed by atoms with Crippen LogP contribution in [0.25, 0.3) is 0 Å². The van der Waals surface area contributed by atoms with Gasteiger partial charge in [-0.05, 0) is 5.56 Å². The van der Waals surface area contributed by atoms with Crippen LogP contribution in [0.3, 0.4) is 0 Å². The van der Waals surface area contributed by atoms with Crippen molar-refractivity contribution < 1.29 is 4.79 Å². The van der Waals surface area contributed by atoms with E-state index in [9.17, 15) is 9.59 Å². The fourth-order valence-electron chi connectivity index (χ4n) is 1.59. The number of anilines is 3. The van der Waals surface area contributed by atoms with Crippen LogP contribution in [-0.2, 0) is 11.2 Å². The summed E-state index contributed by atoms with van der Waals surface area (Å²) in [6.07, 6.45) is 0.143. The minimum absolute atomic E-state index is 0.0878. The molecule has 98 valence electrons. The summed E-state index contributed by atoms with van der Waals surface area (Å²) >= 11 is 0. The van der Waals surface area contributed by atoms with Crippen LogP contribution < -0.4 is 22.3 Å². The Morgan fingerprint density at radius 1 is 1.26 bits per heavy atom. The second-order valence-electron chi connectivity index (χ2n) is 3.92. The number of nitrogens with one attached hydrogen (secondary N) is 2. The summed E-state index contributed by atoms with van der Waals surface area (Å²) < 4.78 is 0. The van der Waals surface area contributed by atoms with E-state index in [0.29, 0.717) is 0 Å². The van der Waals surface area contributed by atoms with E-state index >= 15 is 0 Å². The molecule has 0 fully saturated rings. The summed E-state index contributed by atoms with van der Waals surface area (Å²) in [7, 11) is 0. The number of H-pyrrole nitrogens is 1. The molecule has 0 radical (unpaired) electrons. The van der Waals surface area contributed by atoms with Crippen molar-refractivity contribution in [3.63, 3.8) is 0 Å². The molecule has 0 aliphatic rings. The van der Waals surface area contributed by atoms with Gasteiger partial charge in [-0.1, -0.05) is 30.3 Å². The van der Waals surface area contributed by atoms with Gasteiger partial charge in [-0.15, -0.1) is 0 Å². The van der Waals surface area contributed by atoms with Gasteiger partial charge < -0.3 is 16.8 Å². The van der Waals surface area contributed by atoms with E-state index in [1.165, 1.54) is 0 Å². The number of hydrogen-bond acceptors (Lipinski definition) is 5. The predicted molar refractivity (Wildman–Crippen MR) is 72.5 cm³/mol. The van der Waals surface area contributed by atoms with Crippen LogP contribution in [0.1, 0.15) is 5.56 Å². The summed E-state index contributed by atoms with van der Waals surface area (Å²) in [6, 6.07) is 9.14. The zero-order valence-corrected chi connectivity index (χ0v) is 10.0. The third-order valence-corrected chi connectivity index (χ3v) is 2.44.